The van der Waals surface area contributed by atoms with Gasteiger partial charge in [0.1, 0.15) is 17.5 Å². The van der Waals surface area contributed by atoms with Crippen molar-refractivity contribution in [3.05, 3.63) is 17.2 Å². The summed E-state index contributed by atoms with van der Waals surface area (Å²) in [5, 5.41) is 2.86. The van der Waals surface area contributed by atoms with E-state index in [2.05, 4.69) is 5.32 Å². The van der Waals surface area contributed by atoms with Crippen molar-refractivity contribution in [1.82, 2.24) is 5.32 Å². The number of fused-ring (bicyclic) bond motifs is 1. The van der Waals surface area contributed by atoms with E-state index in [0.717, 1.165) is 11.1 Å². The van der Waals surface area contributed by atoms with E-state index < -0.39 is 29.6 Å². The first-order valence-electron chi connectivity index (χ1n) is 9.29. The molecule has 1 aromatic carbocycles. The average Bonchev–Trinajstić information content (AvgIpc) is 3.03. The van der Waals surface area contributed by atoms with E-state index in [1.54, 1.807) is 7.11 Å². The van der Waals surface area contributed by atoms with E-state index in [4.69, 9.17) is 28.4 Å². The Kier molecular flexibility index (Phi) is 5.38. The Morgan fingerprint density at radius 2 is 2.00 bits per heavy atom. The summed E-state index contributed by atoms with van der Waals surface area (Å²) in [4.78, 5) is 12.4. The maximum atomic E-state index is 12.4. The zero-order valence-electron chi connectivity index (χ0n) is 17.5. The second-order valence-corrected chi connectivity index (χ2v) is 8.36. The maximum Gasteiger partial charge on any atom is 0.408 e. The quantitative estimate of drug-likeness (QED) is 0.839. The molecule has 28 heavy (non-hydrogen) atoms. The van der Waals surface area contributed by atoms with Crippen LogP contribution in [-0.2, 0) is 14.2 Å². The van der Waals surface area contributed by atoms with Gasteiger partial charge in [-0.15, -0.1) is 0 Å². The van der Waals surface area contributed by atoms with Crippen LogP contribution in [0.5, 0.6) is 17.2 Å². The lowest BCUT2D eigenvalue weighted by Gasteiger charge is -2.42. The Morgan fingerprint density at radius 1 is 1.29 bits per heavy atom. The number of ether oxygens (including phenoxy) is 6. The Bertz CT molecular complexity index is 754. The molecule has 1 N–H and O–H groups in total. The molecule has 0 saturated carbocycles. The van der Waals surface area contributed by atoms with Crippen molar-refractivity contribution >= 4 is 6.09 Å². The fourth-order valence-corrected chi connectivity index (χ4v) is 3.35. The predicted octanol–water partition coefficient (Wildman–Crippen LogP) is 3.45. The highest BCUT2D eigenvalue weighted by molar-refractivity contribution is 5.68. The number of methoxy groups -OCH3 is 1. The first-order valence-corrected chi connectivity index (χ1v) is 9.29. The predicted molar refractivity (Wildman–Crippen MR) is 101 cm³/mol. The van der Waals surface area contributed by atoms with Crippen LogP contribution in [0.1, 0.15) is 51.8 Å². The van der Waals surface area contributed by atoms with Crippen LogP contribution in [0, 0.1) is 6.92 Å². The molecule has 8 heteroatoms. The maximum absolute atomic E-state index is 12.4. The van der Waals surface area contributed by atoms with E-state index >= 15 is 0 Å². The summed E-state index contributed by atoms with van der Waals surface area (Å²) in [6, 6.07) is 1.36. The van der Waals surface area contributed by atoms with Crippen LogP contribution in [0.15, 0.2) is 6.07 Å². The van der Waals surface area contributed by atoms with Gasteiger partial charge in [0.05, 0.1) is 19.8 Å². The van der Waals surface area contributed by atoms with E-state index in [9.17, 15) is 4.79 Å². The first kappa shape index (κ1) is 20.5. The Balaban J connectivity index is 1.95. The van der Waals surface area contributed by atoms with Gasteiger partial charge >= 0.3 is 6.09 Å². The molecular weight excluding hydrogens is 366 g/mol. The van der Waals surface area contributed by atoms with Gasteiger partial charge in [0, 0.05) is 11.1 Å². The Morgan fingerprint density at radius 3 is 2.64 bits per heavy atom. The molecule has 2 heterocycles. The summed E-state index contributed by atoms with van der Waals surface area (Å²) < 4.78 is 34.1. The SMILES string of the molecule is COc1c([C@@H]2OC(C)(C)OC[C@H]2NC(=O)OC(C)(C)C)cc2c(c1C)OCO2. The van der Waals surface area contributed by atoms with Crippen LogP contribution in [0.2, 0.25) is 0 Å². The third kappa shape index (κ3) is 4.28. The Labute approximate surface area is 165 Å². The third-order valence-electron chi connectivity index (χ3n) is 4.47. The van der Waals surface area contributed by atoms with Crippen LogP contribution in [0.4, 0.5) is 4.79 Å². The van der Waals surface area contributed by atoms with Gasteiger partial charge < -0.3 is 33.7 Å². The molecule has 1 amide bonds. The number of hydrogen-bond acceptors (Lipinski definition) is 7. The average molecular weight is 395 g/mol. The van der Waals surface area contributed by atoms with Gasteiger partial charge in [-0.2, -0.15) is 0 Å². The molecule has 1 fully saturated rings. The minimum atomic E-state index is -0.827. The van der Waals surface area contributed by atoms with Gasteiger partial charge in [0.25, 0.3) is 0 Å². The number of carbonyl (C=O) groups is 1. The molecule has 156 valence electrons. The van der Waals surface area contributed by atoms with Gasteiger partial charge in [-0.3, -0.25) is 0 Å². The molecule has 0 unspecified atom stereocenters. The smallest absolute Gasteiger partial charge is 0.408 e. The molecule has 8 nitrogen and oxygen atoms in total. The van der Waals surface area contributed by atoms with Crippen molar-refractivity contribution in [3.8, 4) is 17.2 Å². The van der Waals surface area contributed by atoms with E-state index in [0.29, 0.717) is 17.2 Å². The van der Waals surface area contributed by atoms with E-state index in [1.165, 1.54) is 0 Å². The van der Waals surface area contributed by atoms with E-state index in [-0.39, 0.29) is 13.4 Å². The number of carbonyl (C=O) groups excluding carboxylic acids is 1. The van der Waals surface area contributed by atoms with Crippen LogP contribution < -0.4 is 19.5 Å². The Hall–Kier alpha value is -2.19. The third-order valence-corrected chi connectivity index (χ3v) is 4.47. The largest absolute Gasteiger partial charge is 0.496 e. The number of nitrogens with one attached hydrogen (secondary N) is 1. The monoisotopic (exact) mass is 395 g/mol. The number of amides is 1. The standard InChI is InChI=1S/C20H29NO7/c1-11-15(23-7)12(8-14-16(11)25-10-24-14)17-13(9-26-20(5,6)27-17)21-18(22)28-19(2,3)4/h8,13,17H,9-10H2,1-7H3,(H,21,22)/t13-,17+/m1/s1. The topological polar surface area (TPSA) is 84.5 Å². The van der Waals surface area contributed by atoms with Crippen molar-refractivity contribution < 1.29 is 33.2 Å². The highest BCUT2D eigenvalue weighted by Gasteiger charge is 2.41. The number of benzene rings is 1. The van der Waals surface area contributed by atoms with Gasteiger partial charge in [-0.1, -0.05) is 0 Å². The molecule has 0 aliphatic carbocycles. The van der Waals surface area contributed by atoms with Crippen molar-refractivity contribution in [2.24, 2.45) is 0 Å². The lowest BCUT2D eigenvalue weighted by Crippen LogP contribution is -2.52. The van der Waals surface area contributed by atoms with Crippen molar-refractivity contribution in [2.45, 2.75) is 65.1 Å². The van der Waals surface area contributed by atoms with Crippen LogP contribution in [0.25, 0.3) is 0 Å². The summed E-state index contributed by atoms with van der Waals surface area (Å²) in [5.41, 5.74) is 0.959. The lowest BCUT2D eigenvalue weighted by atomic mass is 9.96. The van der Waals surface area contributed by atoms with Gasteiger partial charge in [-0.05, 0) is 47.6 Å². The summed E-state index contributed by atoms with van der Waals surface area (Å²) in [6.45, 7) is 11.4. The summed E-state index contributed by atoms with van der Waals surface area (Å²) >= 11 is 0. The summed E-state index contributed by atoms with van der Waals surface area (Å²) in [5.74, 6) is 1.08. The number of hydrogen-bond donors (Lipinski definition) is 1. The van der Waals surface area contributed by atoms with Crippen LogP contribution in [0.3, 0.4) is 0 Å². The highest BCUT2D eigenvalue weighted by Crippen LogP contribution is 2.47. The molecule has 1 aromatic rings. The van der Waals surface area contributed by atoms with Crippen molar-refractivity contribution in [3.63, 3.8) is 0 Å². The van der Waals surface area contributed by atoms with Crippen LogP contribution >= 0.6 is 0 Å². The number of rotatable bonds is 3. The van der Waals surface area contributed by atoms with Crippen LogP contribution in [-0.4, -0.2) is 44.0 Å². The van der Waals surface area contributed by atoms with Crippen molar-refractivity contribution in [2.75, 3.05) is 20.5 Å². The molecule has 2 aliphatic rings. The summed E-state index contributed by atoms with van der Waals surface area (Å²) in [6.07, 6.45) is -1.06. The van der Waals surface area contributed by atoms with Gasteiger partial charge in [-0.25, -0.2) is 4.79 Å². The van der Waals surface area contributed by atoms with Gasteiger partial charge in [0.15, 0.2) is 17.3 Å². The molecule has 0 spiro atoms. The fraction of sp³-hybridized carbons (Fsp3) is 0.650. The molecular formula is C20H29NO7. The number of alkyl carbamates (subject to hydrolysis) is 1. The normalized spacial score (nSPS) is 23.2. The molecule has 3 rings (SSSR count). The fourth-order valence-electron chi connectivity index (χ4n) is 3.35. The molecule has 0 bridgehead atoms. The minimum Gasteiger partial charge on any atom is -0.496 e. The second-order valence-electron chi connectivity index (χ2n) is 8.36. The lowest BCUT2D eigenvalue weighted by molar-refractivity contribution is -0.284. The van der Waals surface area contributed by atoms with E-state index in [1.807, 2.05) is 47.6 Å². The summed E-state index contributed by atoms with van der Waals surface area (Å²) in [7, 11) is 1.59. The van der Waals surface area contributed by atoms with Crippen molar-refractivity contribution in [1.29, 1.82) is 0 Å². The molecule has 1 saturated heterocycles. The molecule has 0 aromatic heterocycles. The zero-order valence-corrected chi connectivity index (χ0v) is 17.5. The molecule has 2 aliphatic heterocycles. The second kappa shape index (κ2) is 7.33. The highest BCUT2D eigenvalue weighted by atomic mass is 16.7. The molecule has 0 radical (unpaired) electrons. The first-order chi connectivity index (χ1) is 13.0. The minimum absolute atomic E-state index is 0.155. The zero-order chi connectivity index (χ0) is 20.7. The van der Waals surface area contributed by atoms with Gasteiger partial charge in [0.2, 0.25) is 6.79 Å². The molecule has 2 atom stereocenters.